The van der Waals surface area contributed by atoms with Gasteiger partial charge in [-0.2, -0.15) is 0 Å². The summed E-state index contributed by atoms with van der Waals surface area (Å²) in [6, 6.07) is 16.0. The zero-order valence-electron chi connectivity index (χ0n) is 13.1. The van der Waals surface area contributed by atoms with Crippen LogP contribution in [0.15, 0.2) is 53.4 Å². The van der Waals surface area contributed by atoms with Crippen molar-refractivity contribution in [1.29, 1.82) is 0 Å². The minimum absolute atomic E-state index is 0.0581. The van der Waals surface area contributed by atoms with Crippen molar-refractivity contribution >= 4 is 10.8 Å². The second kappa shape index (κ2) is 8.22. The van der Waals surface area contributed by atoms with Crippen LogP contribution < -0.4 is 5.32 Å². The first-order valence-corrected chi connectivity index (χ1v) is 9.05. The summed E-state index contributed by atoms with van der Waals surface area (Å²) in [5.41, 5.74) is 3.49. The van der Waals surface area contributed by atoms with E-state index >= 15 is 0 Å². The summed E-state index contributed by atoms with van der Waals surface area (Å²) in [6.07, 6.45) is 2.69. The summed E-state index contributed by atoms with van der Waals surface area (Å²) in [7, 11) is -0.945. The zero-order chi connectivity index (χ0) is 15.9. The molecular formula is C18H23NO2S. The van der Waals surface area contributed by atoms with E-state index in [2.05, 4.69) is 36.5 Å². The molecular weight excluding hydrogens is 294 g/mol. The fourth-order valence-corrected chi connectivity index (χ4v) is 2.83. The number of benzene rings is 2. The van der Waals surface area contributed by atoms with Gasteiger partial charge in [0.1, 0.15) is 0 Å². The Kier molecular flexibility index (Phi) is 6.31. The Morgan fingerprint density at radius 2 is 1.64 bits per heavy atom. The predicted molar refractivity (Wildman–Crippen MR) is 91.3 cm³/mol. The fourth-order valence-electron chi connectivity index (χ4n) is 2.31. The van der Waals surface area contributed by atoms with Gasteiger partial charge >= 0.3 is 0 Å². The number of aliphatic hydroxyl groups is 1. The molecule has 0 spiro atoms. The van der Waals surface area contributed by atoms with Gasteiger partial charge in [0.15, 0.2) is 0 Å². The first kappa shape index (κ1) is 16.9. The quantitative estimate of drug-likeness (QED) is 0.825. The number of nitrogens with one attached hydrogen (secondary N) is 1. The van der Waals surface area contributed by atoms with Gasteiger partial charge in [-0.15, -0.1) is 0 Å². The summed E-state index contributed by atoms with van der Waals surface area (Å²) in [6.45, 7) is 2.85. The van der Waals surface area contributed by atoms with Gasteiger partial charge < -0.3 is 10.4 Å². The maximum absolute atomic E-state index is 11.4. The molecule has 4 heteroatoms. The molecule has 0 aliphatic rings. The first-order chi connectivity index (χ1) is 10.6. The molecule has 0 saturated heterocycles. The van der Waals surface area contributed by atoms with Crippen LogP contribution in [0.3, 0.4) is 0 Å². The van der Waals surface area contributed by atoms with E-state index in [9.17, 15) is 9.32 Å². The highest BCUT2D eigenvalue weighted by Gasteiger charge is 2.09. The molecule has 2 aromatic rings. The van der Waals surface area contributed by atoms with E-state index in [0.29, 0.717) is 6.54 Å². The Balaban J connectivity index is 1.99. The molecule has 2 aromatic carbocycles. The molecule has 0 saturated carbocycles. The number of rotatable bonds is 7. The van der Waals surface area contributed by atoms with Crippen molar-refractivity contribution < 1.29 is 9.32 Å². The Bertz CT molecular complexity index is 608. The smallest absolute Gasteiger partial charge is 0.0626 e. The van der Waals surface area contributed by atoms with Crippen LogP contribution in [0.4, 0.5) is 0 Å². The van der Waals surface area contributed by atoms with E-state index in [4.69, 9.17) is 0 Å². The molecule has 2 unspecified atom stereocenters. The van der Waals surface area contributed by atoms with Crippen LogP contribution in [0.1, 0.15) is 29.7 Å². The lowest BCUT2D eigenvalue weighted by Crippen LogP contribution is -2.24. The summed E-state index contributed by atoms with van der Waals surface area (Å²) < 4.78 is 11.4. The van der Waals surface area contributed by atoms with Gasteiger partial charge in [0, 0.05) is 28.5 Å². The molecule has 3 nitrogen and oxygen atoms in total. The van der Waals surface area contributed by atoms with E-state index in [1.165, 1.54) is 5.56 Å². The SMILES string of the molecule is CCc1ccc(C(CO)NCc2ccc(S(C)=O)cc2)cc1. The van der Waals surface area contributed by atoms with E-state index in [0.717, 1.165) is 22.4 Å². The zero-order valence-corrected chi connectivity index (χ0v) is 13.9. The Morgan fingerprint density at radius 1 is 1.05 bits per heavy atom. The highest BCUT2D eigenvalue weighted by atomic mass is 32.2. The van der Waals surface area contributed by atoms with Crippen LogP contribution >= 0.6 is 0 Å². The molecule has 2 atom stereocenters. The van der Waals surface area contributed by atoms with Gasteiger partial charge in [0.05, 0.1) is 12.6 Å². The normalized spacial score (nSPS) is 13.8. The van der Waals surface area contributed by atoms with Crippen molar-refractivity contribution in [1.82, 2.24) is 5.32 Å². The van der Waals surface area contributed by atoms with Crippen LogP contribution in [-0.4, -0.2) is 22.2 Å². The Labute approximate surface area is 134 Å². The molecule has 0 amide bonds. The summed E-state index contributed by atoms with van der Waals surface area (Å²) in [5.74, 6) is 0. The van der Waals surface area contributed by atoms with Crippen LogP contribution in [0.25, 0.3) is 0 Å². The molecule has 0 bridgehead atoms. The Hall–Kier alpha value is -1.49. The minimum Gasteiger partial charge on any atom is -0.394 e. The van der Waals surface area contributed by atoms with E-state index in [1.807, 2.05) is 24.3 Å². The molecule has 0 aliphatic carbocycles. The lowest BCUT2D eigenvalue weighted by molar-refractivity contribution is 0.243. The standard InChI is InChI=1S/C18H23NO2S/c1-3-14-4-8-16(9-5-14)18(13-20)19-12-15-6-10-17(11-7-15)22(2)21/h4-11,18-20H,3,12-13H2,1-2H3. The number of hydrogen-bond acceptors (Lipinski definition) is 3. The van der Waals surface area contributed by atoms with E-state index in [-0.39, 0.29) is 12.6 Å². The molecule has 2 N–H and O–H groups in total. The topological polar surface area (TPSA) is 49.3 Å². The highest BCUT2D eigenvalue weighted by Crippen LogP contribution is 2.15. The maximum Gasteiger partial charge on any atom is 0.0626 e. The van der Waals surface area contributed by atoms with Crippen molar-refractivity contribution in [3.05, 3.63) is 65.2 Å². The average Bonchev–Trinajstić information content (AvgIpc) is 2.56. The van der Waals surface area contributed by atoms with Crippen molar-refractivity contribution in [2.75, 3.05) is 12.9 Å². The van der Waals surface area contributed by atoms with E-state index < -0.39 is 10.8 Å². The highest BCUT2D eigenvalue weighted by molar-refractivity contribution is 7.84. The van der Waals surface area contributed by atoms with Crippen molar-refractivity contribution in [3.63, 3.8) is 0 Å². The van der Waals surface area contributed by atoms with E-state index in [1.54, 1.807) is 6.26 Å². The molecule has 2 rings (SSSR count). The molecule has 0 aromatic heterocycles. The van der Waals surface area contributed by atoms with Gasteiger partial charge in [0.25, 0.3) is 0 Å². The van der Waals surface area contributed by atoms with Gasteiger partial charge in [-0.1, -0.05) is 43.3 Å². The molecule has 0 radical (unpaired) electrons. The first-order valence-electron chi connectivity index (χ1n) is 7.49. The van der Waals surface area contributed by atoms with Gasteiger partial charge in [-0.05, 0) is 35.2 Å². The number of hydrogen-bond donors (Lipinski definition) is 2. The summed E-state index contributed by atoms with van der Waals surface area (Å²) >= 11 is 0. The fraction of sp³-hybridized carbons (Fsp3) is 0.333. The van der Waals surface area contributed by atoms with Crippen molar-refractivity contribution in [2.45, 2.75) is 30.8 Å². The lowest BCUT2D eigenvalue weighted by Gasteiger charge is -2.17. The van der Waals surface area contributed by atoms with Gasteiger partial charge in [0.2, 0.25) is 0 Å². The lowest BCUT2D eigenvalue weighted by atomic mass is 10.0. The Morgan fingerprint density at radius 3 is 2.14 bits per heavy atom. The predicted octanol–water partition coefficient (Wildman–Crippen LogP) is 2.81. The molecule has 118 valence electrons. The largest absolute Gasteiger partial charge is 0.394 e. The second-order valence-electron chi connectivity index (χ2n) is 5.31. The molecule has 0 aliphatic heterocycles. The molecule has 22 heavy (non-hydrogen) atoms. The third-order valence-corrected chi connectivity index (χ3v) is 4.72. The van der Waals surface area contributed by atoms with Crippen LogP contribution in [0.5, 0.6) is 0 Å². The molecule has 0 heterocycles. The maximum atomic E-state index is 11.4. The van der Waals surface area contributed by atoms with Crippen LogP contribution in [-0.2, 0) is 23.8 Å². The van der Waals surface area contributed by atoms with Crippen LogP contribution in [0, 0.1) is 0 Å². The third kappa shape index (κ3) is 4.50. The summed E-state index contributed by atoms with van der Waals surface area (Å²) in [4.78, 5) is 0.831. The van der Waals surface area contributed by atoms with Crippen molar-refractivity contribution in [2.24, 2.45) is 0 Å². The van der Waals surface area contributed by atoms with Crippen LogP contribution in [0.2, 0.25) is 0 Å². The monoisotopic (exact) mass is 317 g/mol. The second-order valence-corrected chi connectivity index (χ2v) is 6.69. The van der Waals surface area contributed by atoms with Gasteiger partial charge in [-0.3, -0.25) is 4.21 Å². The third-order valence-electron chi connectivity index (χ3n) is 3.78. The van der Waals surface area contributed by atoms with Gasteiger partial charge in [-0.25, -0.2) is 0 Å². The summed E-state index contributed by atoms with van der Waals surface area (Å²) in [5, 5.41) is 13.0. The minimum atomic E-state index is -0.945. The number of aliphatic hydroxyl groups excluding tert-OH is 1. The number of aryl methyl sites for hydroxylation is 1. The van der Waals surface area contributed by atoms with Crippen molar-refractivity contribution in [3.8, 4) is 0 Å². The average molecular weight is 317 g/mol. The molecule has 0 fully saturated rings.